The van der Waals surface area contributed by atoms with Crippen molar-refractivity contribution in [2.75, 3.05) is 0 Å². The zero-order valence-electron chi connectivity index (χ0n) is 7.29. The molecule has 0 atom stereocenters. The van der Waals surface area contributed by atoms with E-state index < -0.39 is 5.97 Å². The molecule has 0 unspecified atom stereocenters. The number of aromatic nitrogens is 1. The van der Waals surface area contributed by atoms with Crippen LogP contribution in [-0.4, -0.2) is 16.1 Å². The lowest BCUT2D eigenvalue weighted by Crippen LogP contribution is -2.01. The van der Waals surface area contributed by atoms with Crippen LogP contribution in [0.25, 0.3) is 0 Å². The van der Waals surface area contributed by atoms with Gasteiger partial charge in [-0.2, -0.15) is 0 Å². The van der Waals surface area contributed by atoms with E-state index in [1.54, 1.807) is 6.20 Å². The summed E-state index contributed by atoms with van der Waals surface area (Å²) in [7, 11) is 0. The summed E-state index contributed by atoms with van der Waals surface area (Å²) < 4.78 is 0. The highest BCUT2D eigenvalue weighted by Crippen LogP contribution is 2.12. The molecule has 0 radical (unpaired) electrons. The molecule has 0 aliphatic carbocycles. The minimum Gasteiger partial charge on any atom is -0.478 e. The molecule has 0 aliphatic rings. The first-order valence-electron chi connectivity index (χ1n) is 4.00. The van der Waals surface area contributed by atoms with Gasteiger partial charge in [0.2, 0.25) is 0 Å². The second-order valence-corrected chi connectivity index (χ2v) is 3.30. The van der Waals surface area contributed by atoms with E-state index in [9.17, 15) is 4.79 Å². The fourth-order valence-electron chi connectivity index (χ4n) is 1.20. The summed E-state index contributed by atoms with van der Waals surface area (Å²) in [6.07, 6.45) is 4.09. The average Bonchev–Trinajstić information content (AvgIpc) is 2.33. The van der Waals surface area contributed by atoms with E-state index in [1.807, 2.05) is 0 Å². The van der Waals surface area contributed by atoms with Crippen LogP contribution >= 0.6 is 0 Å². The number of carboxylic acid groups (broad SMARTS) is 1. The Balaban J connectivity index is 2.84. The molecule has 0 spiro atoms. The SMILES string of the molecule is CC(C)Cc1c[nH]cc1C(=O)O. The summed E-state index contributed by atoms with van der Waals surface area (Å²) in [6.45, 7) is 4.14. The maximum atomic E-state index is 10.6. The maximum absolute atomic E-state index is 10.6. The maximum Gasteiger partial charge on any atom is 0.337 e. The van der Waals surface area contributed by atoms with E-state index in [4.69, 9.17) is 5.11 Å². The van der Waals surface area contributed by atoms with Gasteiger partial charge in [0.05, 0.1) is 5.56 Å². The number of hydrogen-bond donors (Lipinski definition) is 2. The van der Waals surface area contributed by atoms with Crippen molar-refractivity contribution >= 4 is 5.97 Å². The highest BCUT2D eigenvalue weighted by atomic mass is 16.4. The van der Waals surface area contributed by atoms with Gasteiger partial charge in [0.1, 0.15) is 0 Å². The summed E-state index contributed by atoms with van der Waals surface area (Å²) in [6, 6.07) is 0. The largest absolute Gasteiger partial charge is 0.478 e. The summed E-state index contributed by atoms with van der Waals surface area (Å²) in [5, 5.41) is 8.75. The zero-order chi connectivity index (χ0) is 9.14. The quantitative estimate of drug-likeness (QED) is 0.722. The molecule has 1 rings (SSSR count). The molecule has 3 heteroatoms. The number of carbonyl (C=O) groups is 1. The van der Waals surface area contributed by atoms with Crippen molar-refractivity contribution in [3.8, 4) is 0 Å². The van der Waals surface area contributed by atoms with Gasteiger partial charge in [0.15, 0.2) is 0 Å². The van der Waals surface area contributed by atoms with Crippen molar-refractivity contribution in [1.82, 2.24) is 4.98 Å². The number of carboxylic acids is 1. The molecule has 1 aromatic heterocycles. The van der Waals surface area contributed by atoms with Crippen molar-refractivity contribution in [3.05, 3.63) is 23.5 Å². The standard InChI is InChI=1S/C9H13NO2/c1-6(2)3-7-4-10-5-8(7)9(11)12/h4-6,10H,3H2,1-2H3,(H,11,12). The molecule has 0 amide bonds. The van der Waals surface area contributed by atoms with Crippen LogP contribution in [0.3, 0.4) is 0 Å². The summed E-state index contributed by atoms with van der Waals surface area (Å²) in [5.41, 5.74) is 1.28. The first kappa shape index (κ1) is 8.84. The van der Waals surface area contributed by atoms with Gasteiger partial charge in [0, 0.05) is 12.4 Å². The van der Waals surface area contributed by atoms with E-state index in [2.05, 4.69) is 18.8 Å². The molecule has 66 valence electrons. The van der Waals surface area contributed by atoms with E-state index in [1.165, 1.54) is 6.20 Å². The molecular formula is C9H13NO2. The molecule has 0 bridgehead atoms. The predicted octanol–water partition coefficient (Wildman–Crippen LogP) is 1.91. The molecule has 1 heterocycles. The van der Waals surface area contributed by atoms with Gasteiger partial charge in [-0.3, -0.25) is 0 Å². The van der Waals surface area contributed by atoms with Crippen LogP contribution in [0.4, 0.5) is 0 Å². The Labute approximate surface area is 71.4 Å². The Morgan fingerprint density at radius 2 is 2.25 bits per heavy atom. The van der Waals surface area contributed by atoms with Gasteiger partial charge >= 0.3 is 5.97 Å². The number of nitrogens with one attached hydrogen (secondary N) is 1. The number of aromatic carboxylic acids is 1. The van der Waals surface area contributed by atoms with Crippen molar-refractivity contribution in [1.29, 1.82) is 0 Å². The van der Waals surface area contributed by atoms with Crippen LogP contribution < -0.4 is 0 Å². The fourth-order valence-corrected chi connectivity index (χ4v) is 1.20. The minimum atomic E-state index is -0.855. The van der Waals surface area contributed by atoms with E-state index in [0.29, 0.717) is 11.5 Å². The molecule has 12 heavy (non-hydrogen) atoms. The van der Waals surface area contributed by atoms with Gasteiger partial charge in [0.25, 0.3) is 0 Å². The lowest BCUT2D eigenvalue weighted by atomic mass is 10.0. The first-order chi connectivity index (χ1) is 5.61. The number of hydrogen-bond acceptors (Lipinski definition) is 1. The Morgan fingerprint density at radius 1 is 1.58 bits per heavy atom. The molecular weight excluding hydrogens is 154 g/mol. The zero-order valence-corrected chi connectivity index (χ0v) is 7.29. The van der Waals surface area contributed by atoms with Gasteiger partial charge in [-0.1, -0.05) is 13.8 Å². The predicted molar refractivity (Wildman–Crippen MR) is 46.3 cm³/mol. The molecule has 0 saturated heterocycles. The van der Waals surface area contributed by atoms with Crippen LogP contribution in [0.1, 0.15) is 29.8 Å². The normalized spacial score (nSPS) is 10.6. The highest BCUT2D eigenvalue weighted by molar-refractivity contribution is 5.89. The van der Waals surface area contributed by atoms with Gasteiger partial charge in [-0.25, -0.2) is 4.79 Å². The first-order valence-corrected chi connectivity index (χ1v) is 4.00. The summed E-state index contributed by atoms with van der Waals surface area (Å²) >= 11 is 0. The minimum absolute atomic E-state index is 0.392. The lowest BCUT2D eigenvalue weighted by Gasteiger charge is -2.02. The Morgan fingerprint density at radius 3 is 2.75 bits per heavy atom. The third kappa shape index (κ3) is 1.87. The molecule has 0 aliphatic heterocycles. The smallest absolute Gasteiger partial charge is 0.337 e. The summed E-state index contributed by atoms with van der Waals surface area (Å²) in [4.78, 5) is 13.4. The van der Waals surface area contributed by atoms with Crippen LogP contribution in [0.5, 0.6) is 0 Å². The van der Waals surface area contributed by atoms with Crippen LogP contribution in [-0.2, 0) is 6.42 Å². The molecule has 2 N–H and O–H groups in total. The lowest BCUT2D eigenvalue weighted by molar-refractivity contribution is 0.0696. The highest BCUT2D eigenvalue weighted by Gasteiger charge is 2.11. The van der Waals surface area contributed by atoms with Gasteiger partial charge in [-0.05, 0) is 17.9 Å². The second kappa shape index (κ2) is 3.43. The second-order valence-electron chi connectivity index (χ2n) is 3.30. The monoisotopic (exact) mass is 167 g/mol. The van der Waals surface area contributed by atoms with Gasteiger partial charge < -0.3 is 10.1 Å². The molecule has 0 aromatic carbocycles. The fraction of sp³-hybridized carbons (Fsp3) is 0.444. The third-order valence-corrected chi connectivity index (χ3v) is 1.69. The number of aromatic amines is 1. The Kier molecular flexibility index (Phi) is 2.53. The molecule has 3 nitrogen and oxygen atoms in total. The topological polar surface area (TPSA) is 53.1 Å². The van der Waals surface area contributed by atoms with Crippen LogP contribution in [0.15, 0.2) is 12.4 Å². The van der Waals surface area contributed by atoms with Crippen molar-refractivity contribution < 1.29 is 9.90 Å². The van der Waals surface area contributed by atoms with Gasteiger partial charge in [-0.15, -0.1) is 0 Å². The number of rotatable bonds is 3. The summed E-state index contributed by atoms with van der Waals surface area (Å²) in [5.74, 6) is -0.370. The van der Waals surface area contributed by atoms with E-state index in [-0.39, 0.29) is 0 Å². The third-order valence-electron chi connectivity index (χ3n) is 1.69. The molecule has 1 aromatic rings. The molecule has 0 fully saturated rings. The Bertz CT molecular complexity index is 276. The van der Waals surface area contributed by atoms with Crippen molar-refractivity contribution in [2.45, 2.75) is 20.3 Å². The van der Waals surface area contributed by atoms with E-state index in [0.717, 1.165) is 12.0 Å². The van der Waals surface area contributed by atoms with Crippen molar-refractivity contribution in [3.63, 3.8) is 0 Å². The Hall–Kier alpha value is -1.25. The number of H-pyrrole nitrogens is 1. The van der Waals surface area contributed by atoms with Crippen molar-refractivity contribution in [2.24, 2.45) is 5.92 Å². The van der Waals surface area contributed by atoms with E-state index >= 15 is 0 Å². The average molecular weight is 167 g/mol. The van der Waals surface area contributed by atoms with Crippen LogP contribution in [0.2, 0.25) is 0 Å². The molecule has 0 saturated carbocycles. The van der Waals surface area contributed by atoms with Crippen LogP contribution in [0, 0.1) is 5.92 Å².